The third-order valence-corrected chi connectivity index (χ3v) is 3.51. The maximum absolute atomic E-state index is 4.39. The van der Waals surface area contributed by atoms with Crippen LogP contribution in [0, 0.1) is 6.92 Å². The van der Waals surface area contributed by atoms with E-state index in [4.69, 9.17) is 0 Å². The maximum atomic E-state index is 4.39. The van der Waals surface area contributed by atoms with Crippen LogP contribution in [0.25, 0.3) is 0 Å². The summed E-state index contributed by atoms with van der Waals surface area (Å²) in [6.45, 7) is 12.7. The minimum atomic E-state index is 0.638. The van der Waals surface area contributed by atoms with Crippen molar-refractivity contribution in [1.82, 2.24) is 14.9 Å². The fourth-order valence-electron chi connectivity index (χ4n) is 2.34. The zero-order valence-electron chi connectivity index (χ0n) is 11.5. The van der Waals surface area contributed by atoms with Gasteiger partial charge in [-0.2, -0.15) is 0 Å². The van der Waals surface area contributed by atoms with E-state index in [1.807, 2.05) is 0 Å². The summed E-state index contributed by atoms with van der Waals surface area (Å²) in [6.07, 6.45) is 3.49. The molecule has 0 N–H and O–H groups in total. The van der Waals surface area contributed by atoms with Crippen LogP contribution in [-0.4, -0.2) is 47.1 Å². The quantitative estimate of drug-likeness (QED) is 0.812. The highest BCUT2D eigenvalue weighted by atomic mass is 15.3. The number of hydrogen-bond acceptors (Lipinski definition) is 4. The molecule has 1 aromatic rings. The molecule has 18 heavy (non-hydrogen) atoms. The molecule has 0 amide bonds. The molecule has 1 fully saturated rings. The van der Waals surface area contributed by atoms with Crippen molar-refractivity contribution in [3.63, 3.8) is 0 Å². The Labute approximate surface area is 110 Å². The Morgan fingerprint density at radius 3 is 2.56 bits per heavy atom. The molecule has 1 radical (unpaired) electrons. The lowest BCUT2D eigenvalue weighted by Crippen LogP contribution is -2.49. The molecule has 2 heterocycles. The Hall–Kier alpha value is -1.16. The first-order valence-electron chi connectivity index (χ1n) is 6.80. The molecule has 0 bridgehead atoms. The fourth-order valence-corrected chi connectivity index (χ4v) is 2.34. The van der Waals surface area contributed by atoms with Gasteiger partial charge in [-0.1, -0.05) is 6.92 Å². The Bertz CT molecular complexity index is 370. The first-order chi connectivity index (χ1) is 8.70. The van der Waals surface area contributed by atoms with Crippen molar-refractivity contribution in [3.05, 3.63) is 25.0 Å². The lowest BCUT2D eigenvalue weighted by atomic mass is 10.2. The van der Waals surface area contributed by atoms with Gasteiger partial charge in [0.1, 0.15) is 12.1 Å². The summed E-state index contributed by atoms with van der Waals surface area (Å²) in [5.41, 5.74) is 1.10. The maximum Gasteiger partial charge on any atom is 0.132 e. The molecule has 4 heteroatoms. The first-order valence-corrected chi connectivity index (χ1v) is 6.80. The molecule has 1 aromatic heterocycles. The third-order valence-electron chi connectivity index (χ3n) is 3.51. The molecule has 1 aliphatic rings. The Morgan fingerprint density at radius 2 is 1.94 bits per heavy atom. The monoisotopic (exact) mass is 247 g/mol. The molecule has 0 spiro atoms. The van der Waals surface area contributed by atoms with Crippen LogP contribution in [-0.2, 0) is 6.42 Å². The van der Waals surface area contributed by atoms with Crippen LogP contribution in [0.3, 0.4) is 0 Å². The molecule has 1 aliphatic heterocycles. The van der Waals surface area contributed by atoms with Gasteiger partial charge in [0.2, 0.25) is 0 Å². The average Bonchev–Trinajstić information content (AvgIpc) is 2.39. The van der Waals surface area contributed by atoms with Crippen molar-refractivity contribution in [2.24, 2.45) is 0 Å². The van der Waals surface area contributed by atoms with Gasteiger partial charge in [-0.25, -0.2) is 9.97 Å². The van der Waals surface area contributed by atoms with E-state index in [9.17, 15) is 0 Å². The van der Waals surface area contributed by atoms with Crippen LogP contribution in [0.2, 0.25) is 0 Å². The molecule has 1 saturated heterocycles. The largest absolute Gasteiger partial charge is 0.354 e. The second kappa shape index (κ2) is 6.14. The number of aromatic nitrogens is 2. The first kappa shape index (κ1) is 13.3. The van der Waals surface area contributed by atoms with Gasteiger partial charge in [0.15, 0.2) is 0 Å². The lowest BCUT2D eigenvalue weighted by Gasteiger charge is -2.37. The number of anilines is 1. The summed E-state index contributed by atoms with van der Waals surface area (Å²) >= 11 is 0. The predicted molar refractivity (Wildman–Crippen MR) is 74.6 cm³/mol. The molecule has 0 atom stereocenters. The Morgan fingerprint density at radius 1 is 1.22 bits per heavy atom. The van der Waals surface area contributed by atoms with Crippen molar-refractivity contribution in [1.29, 1.82) is 0 Å². The van der Waals surface area contributed by atoms with Gasteiger partial charge in [-0.15, -0.1) is 0 Å². The van der Waals surface area contributed by atoms with E-state index in [2.05, 4.69) is 46.6 Å². The zero-order chi connectivity index (χ0) is 13.0. The van der Waals surface area contributed by atoms with E-state index in [1.165, 1.54) is 0 Å². The van der Waals surface area contributed by atoms with Gasteiger partial charge in [-0.05, 0) is 26.7 Å². The van der Waals surface area contributed by atoms with Gasteiger partial charge in [0, 0.05) is 44.0 Å². The van der Waals surface area contributed by atoms with Crippen LogP contribution >= 0.6 is 0 Å². The number of aryl methyl sites for hydroxylation is 1. The van der Waals surface area contributed by atoms with E-state index in [1.54, 1.807) is 6.33 Å². The summed E-state index contributed by atoms with van der Waals surface area (Å²) < 4.78 is 0. The SMILES string of the molecule is [CH2]CCc1cc(N2CCN(C(C)C)CC2)ncn1. The standard InChI is InChI=1S/C14H23N4/c1-4-5-13-10-14(16-11-15-13)18-8-6-17(7-9-18)12(2)3/h10-12H,1,4-9H2,2-3H3. The molecular weight excluding hydrogens is 224 g/mol. The minimum absolute atomic E-state index is 0.638. The molecule has 99 valence electrons. The van der Waals surface area contributed by atoms with Crippen molar-refractivity contribution < 1.29 is 0 Å². The summed E-state index contributed by atoms with van der Waals surface area (Å²) in [7, 11) is 0. The average molecular weight is 247 g/mol. The van der Waals surface area contributed by atoms with Crippen molar-refractivity contribution in [2.45, 2.75) is 32.7 Å². The predicted octanol–water partition coefficient (Wildman–Crippen LogP) is 1.77. The number of piperazine rings is 1. The normalized spacial score (nSPS) is 17.4. The van der Waals surface area contributed by atoms with E-state index in [-0.39, 0.29) is 0 Å². The summed E-state index contributed by atoms with van der Waals surface area (Å²) in [4.78, 5) is 13.5. The smallest absolute Gasteiger partial charge is 0.132 e. The van der Waals surface area contributed by atoms with Crippen molar-refractivity contribution in [2.75, 3.05) is 31.1 Å². The number of rotatable bonds is 4. The highest BCUT2D eigenvalue weighted by molar-refractivity contribution is 5.39. The van der Waals surface area contributed by atoms with E-state index in [0.717, 1.165) is 50.5 Å². The Balaban J connectivity index is 1.98. The van der Waals surface area contributed by atoms with Gasteiger partial charge in [-0.3, -0.25) is 4.90 Å². The number of nitrogens with zero attached hydrogens (tertiary/aromatic N) is 4. The van der Waals surface area contributed by atoms with E-state index >= 15 is 0 Å². The second-order valence-corrected chi connectivity index (χ2v) is 5.09. The van der Waals surface area contributed by atoms with Gasteiger partial charge < -0.3 is 4.90 Å². The summed E-state index contributed by atoms with van der Waals surface area (Å²) in [5, 5.41) is 0. The summed E-state index contributed by atoms with van der Waals surface area (Å²) in [6, 6.07) is 2.75. The van der Waals surface area contributed by atoms with Crippen LogP contribution in [0.4, 0.5) is 5.82 Å². The van der Waals surface area contributed by atoms with E-state index < -0.39 is 0 Å². The van der Waals surface area contributed by atoms with Crippen LogP contribution in [0.1, 0.15) is 26.0 Å². The highest BCUT2D eigenvalue weighted by Gasteiger charge is 2.19. The summed E-state index contributed by atoms with van der Waals surface area (Å²) in [5.74, 6) is 1.07. The molecule has 0 aliphatic carbocycles. The van der Waals surface area contributed by atoms with Crippen molar-refractivity contribution >= 4 is 5.82 Å². The molecule has 4 nitrogen and oxygen atoms in total. The van der Waals surface area contributed by atoms with Crippen LogP contribution in [0.5, 0.6) is 0 Å². The van der Waals surface area contributed by atoms with Gasteiger partial charge >= 0.3 is 0 Å². The third kappa shape index (κ3) is 3.19. The van der Waals surface area contributed by atoms with Crippen molar-refractivity contribution in [3.8, 4) is 0 Å². The molecule has 0 aromatic carbocycles. The van der Waals surface area contributed by atoms with Gasteiger partial charge in [0.05, 0.1) is 0 Å². The van der Waals surface area contributed by atoms with Crippen LogP contribution < -0.4 is 4.90 Å². The van der Waals surface area contributed by atoms with Gasteiger partial charge in [0.25, 0.3) is 0 Å². The second-order valence-electron chi connectivity index (χ2n) is 5.09. The minimum Gasteiger partial charge on any atom is -0.354 e. The fraction of sp³-hybridized carbons (Fsp3) is 0.643. The molecular formula is C14H23N4. The molecule has 0 unspecified atom stereocenters. The molecule has 0 saturated carbocycles. The lowest BCUT2D eigenvalue weighted by molar-refractivity contribution is 0.209. The molecule has 2 rings (SSSR count). The number of hydrogen-bond donors (Lipinski definition) is 0. The van der Waals surface area contributed by atoms with Crippen LogP contribution in [0.15, 0.2) is 12.4 Å². The zero-order valence-corrected chi connectivity index (χ0v) is 11.5. The van der Waals surface area contributed by atoms with E-state index in [0.29, 0.717) is 6.04 Å². The topological polar surface area (TPSA) is 32.3 Å². The highest BCUT2D eigenvalue weighted by Crippen LogP contribution is 2.15. The Kier molecular flexibility index (Phi) is 4.53.